The van der Waals surface area contributed by atoms with Crippen molar-refractivity contribution < 1.29 is 9.32 Å². The minimum absolute atomic E-state index is 0.0983. The van der Waals surface area contributed by atoms with E-state index in [0.717, 1.165) is 5.76 Å². The smallest absolute Gasteiger partial charge is 0.242 e. The Kier molecular flexibility index (Phi) is 4.37. The number of alkyl halides is 1. The molecule has 6 nitrogen and oxygen atoms in total. The first-order chi connectivity index (χ1) is 9.81. The maximum absolute atomic E-state index is 12.0. The van der Waals surface area contributed by atoms with Gasteiger partial charge in [-0.25, -0.2) is 0 Å². The van der Waals surface area contributed by atoms with Crippen LogP contribution in [-0.4, -0.2) is 26.7 Å². The van der Waals surface area contributed by atoms with Crippen LogP contribution in [0, 0.1) is 0 Å². The van der Waals surface area contributed by atoms with Crippen LogP contribution < -0.4 is 4.90 Å². The van der Waals surface area contributed by atoms with Crippen LogP contribution in [0.25, 0.3) is 0 Å². The molecule has 114 valence electrons. The molecular formula is C14H19ClN4O2. The molecule has 0 spiro atoms. The number of anilines is 1. The van der Waals surface area contributed by atoms with Gasteiger partial charge in [0.1, 0.15) is 17.3 Å². The van der Waals surface area contributed by atoms with Gasteiger partial charge in [0, 0.05) is 24.7 Å². The van der Waals surface area contributed by atoms with Crippen molar-refractivity contribution in [3.8, 4) is 0 Å². The summed E-state index contributed by atoms with van der Waals surface area (Å²) in [5.74, 6) is 0.478. The average molecular weight is 311 g/mol. The van der Waals surface area contributed by atoms with E-state index in [2.05, 4.69) is 10.3 Å². The number of nitrogens with zero attached hydrogens (tertiary/aromatic N) is 4. The summed E-state index contributed by atoms with van der Waals surface area (Å²) >= 11 is 5.69. The number of hydrogen-bond acceptors (Lipinski definition) is 4. The highest BCUT2D eigenvalue weighted by Gasteiger charge is 2.22. The van der Waals surface area contributed by atoms with E-state index in [1.54, 1.807) is 29.0 Å². The summed E-state index contributed by atoms with van der Waals surface area (Å²) in [6, 6.07) is 1.87. The van der Waals surface area contributed by atoms with Gasteiger partial charge in [-0.1, -0.05) is 25.9 Å². The van der Waals surface area contributed by atoms with E-state index in [-0.39, 0.29) is 17.2 Å². The normalized spacial score (nSPS) is 11.7. The molecule has 0 aromatic carbocycles. The zero-order chi connectivity index (χ0) is 15.6. The van der Waals surface area contributed by atoms with Crippen molar-refractivity contribution in [1.29, 1.82) is 0 Å². The third-order valence-corrected chi connectivity index (χ3v) is 3.27. The molecule has 0 saturated carbocycles. The van der Waals surface area contributed by atoms with Crippen molar-refractivity contribution in [1.82, 2.24) is 14.9 Å². The predicted molar refractivity (Wildman–Crippen MR) is 80.3 cm³/mol. The second kappa shape index (κ2) is 5.89. The Hall–Kier alpha value is -1.82. The fourth-order valence-corrected chi connectivity index (χ4v) is 1.99. The quantitative estimate of drug-likeness (QED) is 0.814. The third-order valence-electron chi connectivity index (χ3n) is 3.04. The number of halogens is 1. The summed E-state index contributed by atoms with van der Waals surface area (Å²) in [4.78, 5) is 13.6. The molecule has 0 bridgehead atoms. The van der Waals surface area contributed by atoms with Gasteiger partial charge in [-0.3, -0.25) is 9.48 Å². The van der Waals surface area contributed by atoms with Crippen molar-refractivity contribution >= 4 is 23.2 Å². The number of amides is 1. The van der Waals surface area contributed by atoms with E-state index in [1.807, 2.05) is 26.8 Å². The second-order valence-electron chi connectivity index (χ2n) is 5.92. The Bertz CT molecular complexity index is 627. The molecule has 0 atom stereocenters. The van der Waals surface area contributed by atoms with Crippen LogP contribution in [0.3, 0.4) is 0 Å². The Morgan fingerprint density at radius 2 is 2.19 bits per heavy atom. The Balaban J connectivity index is 2.23. The van der Waals surface area contributed by atoms with Gasteiger partial charge in [-0.15, -0.1) is 11.6 Å². The molecule has 7 heteroatoms. The molecule has 2 heterocycles. The lowest BCUT2D eigenvalue weighted by molar-refractivity contribution is -0.116. The Labute approximate surface area is 128 Å². The number of rotatable bonds is 4. The van der Waals surface area contributed by atoms with Crippen molar-refractivity contribution in [2.45, 2.75) is 32.7 Å². The summed E-state index contributed by atoms with van der Waals surface area (Å²) in [6.07, 6.45) is 3.38. The van der Waals surface area contributed by atoms with Gasteiger partial charge in [-0.05, 0) is 0 Å². The summed E-state index contributed by atoms with van der Waals surface area (Å²) < 4.78 is 6.97. The maximum Gasteiger partial charge on any atom is 0.242 e. The number of hydrogen-bond donors (Lipinski definition) is 0. The van der Waals surface area contributed by atoms with Crippen molar-refractivity contribution in [3.05, 3.63) is 29.9 Å². The molecule has 2 rings (SSSR count). The highest BCUT2D eigenvalue weighted by atomic mass is 35.5. The van der Waals surface area contributed by atoms with Crippen molar-refractivity contribution in [2.75, 3.05) is 10.8 Å². The van der Waals surface area contributed by atoms with Crippen LogP contribution in [0.15, 0.2) is 23.0 Å². The molecule has 0 fully saturated rings. The van der Waals surface area contributed by atoms with Crippen LogP contribution in [0.4, 0.5) is 5.69 Å². The first-order valence-corrected chi connectivity index (χ1v) is 7.16. The maximum atomic E-state index is 12.0. The van der Waals surface area contributed by atoms with Gasteiger partial charge in [0.05, 0.1) is 18.4 Å². The van der Waals surface area contributed by atoms with Gasteiger partial charge >= 0.3 is 0 Å². The highest BCUT2D eigenvalue weighted by Crippen LogP contribution is 2.24. The molecular weight excluding hydrogens is 292 g/mol. The zero-order valence-corrected chi connectivity index (χ0v) is 13.4. The first-order valence-electron chi connectivity index (χ1n) is 6.62. The van der Waals surface area contributed by atoms with Crippen LogP contribution >= 0.6 is 11.6 Å². The van der Waals surface area contributed by atoms with Crippen LogP contribution in [-0.2, 0) is 23.8 Å². The lowest BCUT2D eigenvalue weighted by Crippen LogP contribution is -2.31. The molecule has 0 aliphatic rings. The number of carbonyl (C=O) groups is 1. The summed E-state index contributed by atoms with van der Waals surface area (Å²) in [5, 5.41) is 8.11. The van der Waals surface area contributed by atoms with E-state index in [9.17, 15) is 4.79 Å². The fraction of sp³-hybridized carbons (Fsp3) is 0.500. The number of aromatic nitrogens is 3. The molecule has 0 radical (unpaired) electrons. The zero-order valence-electron chi connectivity index (χ0n) is 12.6. The van der Waals surface area contributed by atoms with Gasteiger partial charge < -0.3 is 9.42 Å². The Morgan fingerprint density at radius 1 is 1.48 bits per heavy atom. The van der Waals surface area contributed by atoms with Gasteiger partial charge in [-0.2, -0.15) is 5.10 Å². The monoisotopic (exact) mass is 310 g/mol. The molecule has 0 unspecified atom stereocenters. The molecule has 0 aliphatic carbocycles. The van der Waals surface area contributed by atoms with E-state index in [4.69, 9.17) is 16.1 Å². The topological polar surface area (TPSA) is 64.2 Å². The highest BCUT2D eigenvalue weighted by molar-refractivity contribution is 6.29. The first kappa shape index (κ1) is 15.6. The van der Waals surface area contributed by atoms with Crippen molar-refractivity contribution in [2.24, 2.45) is 7.05 Å². The van der Waals surface area contributed by atoms with E-state index >= 15 is 0 Å². The summed E-state index contributed by atoms with van der Waals surface area (Å²) in [5.41, 5.74) is 1.24. The van der Waals surface area contributed by atoms with E-state index in [1.165, 1.54) is 0 Å². The molecule has 0 aliphatic heterocycles. The van der Waals surface area contributed by atoms with Gasteiger partial charge in [0.25, 0.3) is 0 Å². The van der Waals surface area contributed by atoms with E-state index < -0.39 is 0 Å². The molecule has 0 N–H and O–H groups in total. The van der Waals surface area contributed by atoms with Gasteiger partial charge in [0.15, 0.2) is 0 Å². The SMILES string of the molecule is Cn1cc(N(Cc2cc(C(C)(C)C)on2)C(=O)CCl)cn1. The molecule has 21 heavy (non-hydrogen) atoms. The molecule has 1 amide bonds. The number of carbonyl (C=O) groups excluding carboxylic acids is 1. The average Bonchev–Trinajstić information content (AvgIpc) is 3.03. The summed E-state index contributed by atoms with van der Waals surface area (Å²) in [6.45, 7) is 6.43. The van der Waals surface area contributed by atoms with Crippen LogP contribution in [0.5, 0.6) is 0 Å². The second-order valence-corrected chi connectivity index (χ2v) is 6.19. The van der Waals surface area contributed by atoms with Crippen LogP contribution in [0.1, 0.15) is 32.2 Å². The van der Waals surface area contributed by atoms with E-state index in [0.29, 0.717) is 17.9 Å². The minimum Gasteiger partial charge on any atom is -0.361 e. The molecule has 2 aromatic rings. The minimum atomic E-state index is -0.204. The summed E-state index contributed by atoms with van der Waals surface area (Å²) in [7, 11) is 1.79. The lowest BCUT2D eigenvalue weighted by Gasteiger charge is -2.18. The third kappa shape index (κ3) is 3.64. The van der Waals surface area contributed by atoms with Crippen LogP contribution in [0.2, 0.25) is 0 Å². The fourth-order valence-electron chi connectivity index (χ4n) is 1.85. The lowest BCUT2D eigenvalue weighted by atomic mass is 9.93. The predicted octanol–water partition coefficient (Wildman–Crippen LogP) is 2.48. The largest absolute Gasteiger partial charge is 0.361 e. The molecule has 0 saturated heterocycles. The standard InChI is InChI=1S/C14H19ClN4O2/c1-14(2,3)12-5-10(17-21-12)8-19(13(20)6-15)11-7-16-18(4)9-11/h5,7,9H,6,8H2,1-4H3. The molecule has 2 aromatic heterocycles. The Morgan fingerprint density at radius 3 is 2.67 bits per heavy atom. The van der Waals surface area contributed by atoms with Crippen molar-refractivity contribution in [3.63, 3.8) is 0 Å². The van der Waals surface area contributed by atoms with Gasteiger partial charge in [0.2, 0.25) is 5.91 Å². The number of aryl methyl sites for hydroxylation is 1.